The molecule has 0 bridgehead atoms. The maximum atomic E-state index is 12.9. The molecule has 0 aromatic rings. The van der Waals surface area contributed by atoms with E-state index in [-0.39, 0.29) is 31.1 Å². The summed E-state index contributed by atoms with van der Waals surface area (Å²) < 4.78 is 16.9. The lowest BCUT2D eigenvalue weighted by Gasteiger charge is -2.18. The zero-order valence-electron chi connectivity index (χ0n) is 48.8. The summed E-state index contributed by atoms with van der Waals surface area (Å²) >= 11 is 0. The number of hydrogen-bond acceptors (Lipinski definition) is 6. The topological polar surface area (TPSA) is 78.9 Å². The SMILES string of the molecule is CC/C=C\C/C=C\C/C=C\C/C=C\C/C=C\CCCCCCCCCC(=O)OCC(COC(=O)CCCCCCC/C=C\CCCCCC)OC(=O)CCCCCCCCCC/C=C\C/C=C\C/C=C\C/C=C\CC. The monoisotopic (exact) mass is 1040 g/mol. The van der Waals surface area contributed by atoms with Crippen molar-refractivity contribution in [3.05, 3.63) is 122 Å². The number of carbonyl (C=O) groups excluding carboxylic acids is 3. The van der Waals surface area contributed by atoms with Gasteiger partial charge in [0, 0.05) is 19.3 Å². The van der Waals surface area contributed by atoms with Crippen molar-refractivity contribution in [3.8, 4) is 0 Å². The van der Waals surface area contributed by atoms with Gasteiger partial charge in [-0.2, -0.15) is 0 Å². The number of hydrogen-bond donors (Lipinski definition) is 0. The maximum Gasteiger partial charge on any atom is 0.306 e. The van der Waals surface area contributed by atoms with Crippen LogP contribution in [-0.2, 0) is 28.6 Å². The molecule has 0 saturated heterocycles. The van der Waals surface area contributed by atoms with Crippen molar-refractivity contribution in [1.29, 1.82) is 0 Å². The number of rotatable bonds is 55. The third kappa shape index (κ3) is 60.6. The highest BCUT2D eigenvalue weighted by molar-refractivity contribution is 5.71. The Bertz CT molecular complexity index is 1570. The van der Waals surface area contributed by atoms with Gasteiger partial charge in [0.05, 0.1) is 0 Å². The van der Waals surface area contributed by atoms with Crippen LogP contribution in [0.4, 0.5) is 0 Å². The molecule has 0 aromatic carbocycles. The van der Waals surface area contributed by atoms with Crippen molar-refractivity contribution >= 4 is 17.9 Å². The maximum absolute atomic E-state index is 12.9. The average Bonchev–Trinajstić information content (AvgIpc) is 3.41. The zero-order valence-corrected chi connectivity index (χ0v) is 48.8. The summed E-state index contributed by atoms with van der Waals surface area (Å²) in [4.78, 5) is 38.3. The van der Waals surface area contributed by atoms with Crippen LogP contribution in [0.25, 0.3) is 0 Å². The Balaban J connectivity index is 4.40. The van der Waals surface area contributed by atoms with Gasteiger partial charge in [0.15, 0.2) is 6.10 Å². The predicted octanol–water partition coefficient (Wildman–Crippen LogP) is 21.2. The van der Waals surface area contributed by atoms with Gasteiger partial charge < -0.3 is 14.2 Å². The molecule has 0 N–H and O–H groups in total. The van der Waals surface area contributed by atoms with Crippen molar-refractivity contribution in [2.75, 3.05) is 13.2 Å². The van der Waals surface area contributed by atoms with Crippen LogP contribution in [0.2, 0.25) is 0 Å². The number of unbranched alkanes of at least 4 members (excludes halogenated alkanes) is 24. The molecule has 1 atom stereocenters. The summed E-state index contributed by atoms with van der Waals surface area (Å²) in [6, 6.07) is 0. The van der Waals surface area contributed by atoms with Crippen LogP contribution in [0.1, 0.15) is 278 Å². The van der Waals surface area contributed by atoms with E-state index in [9.17, 15) is 14.4 Å². The molecule has 1 unspecified atom stereocenters. The van der Waals surface area contributed by atoms with E-state index in [1.807, 2.05) is 0 Å². The zero-order chi connectivity index (χ0) is 54.3. The van der Waals surface area contributed by atoms with Gasteiger partial charge in [0.2, 0.25) is 0 Å². The van der Waals surface area contributed by atoms with Gasteiger partial charge in [-0.1, -0.05) is 251 Å². The van der Waals surface area contributed by atoms with Crippen molar-refractivity contribution < 1.29 is 28.6 Å². The van der Waals surface area contributed by atoms with E-state index in [0.29, 0.717) is 19.3 Å². The molecule has 0 heterocycles. The standard InChI is InChI=1S/C69H114O6/c1-4-7-10-13-16-19-22-25-27-29-31-33-34-36-37-39-41-44-47-50-53-56-59-62-68(71)74-65-66(64-73-67(70)61-58-55-52-49-46-43-24-21-18-15-12-9-6-3)75-69(72)63-60-57-54-51-48-45-42-40-38-35-32-30-28-26-23-20-17-14-11-8-5-2/h7-8,10-11,16-17,19-21,24-28,31-33,35-37,66H,4-6,9,12-15,18,22-23,29-30,34,38-65H2,1-3H3/b10-7-,11-8-,19-16-,20-17-,24-21-,27-25-,28-26-,33-31-,35-32-,37-36-. The van der Waals surface area contributed by atoms with E-state index in [1.165, 1.54) is 103 Å². The van der Waals surface area contributed by atoms with Crippen LogP contribution < -0.4 is 0 Å². The third-order valence-electron chi connectivity index (χ3n) is 12.9. The predicted molar refractivity (Wildman–Crippen MR) is 325 cm³/mol. The summed E-state index contributed by atoms with van der Waals surface area (Å²) in [5, 5.41) is 0. The first kappa shape index (κ1) is 70.8. The molecule has 0 amide bonds. The van der Waals surface area contributed by atoms with Crippen LogP contribution in [0.5, 0.6) is 0 Å². The van der Waals surface area contributed by atoms with Gasteiger partial charge >= 0.3 is 17.9 Å². The molecule has 0 fully saturated rings. The summed E-state index contributed by atoms with van der Waals surface area (Å²) in [7, 11) is 0. The minimum absolute atomic E-state index is 0.0913. The Morgan fingerprint density at radius 1 is 0.280 bits per heavy atom. The van der Waals surface area contributed by atoms with Gasteiger partial charge in [0.1, 0.15) is 13.2 Å². The Kier molecular flexibility index (Phi) is 58.9. The van der Waals surface area contributed by atoms with Crippen LogP contribution in [0.3, 0.4) is 0 Å². The molecule has 0 radical (unpaired) electrons. The number of ether oxygens (including phenoxy) is 3. The number of allylic oxidation sites excluding steroid dienone is 20. The van der Waals surface area contributed by atoms with Crippen molar-refractivity contribution in [3.63, 3.8) is 0 Å². The molecule has 0 aliphatic rings. The highest BCUT2D eigenvalue weighted by Gasteiger charge is 2.19. The highest BCUT2D eigenvalue weighted by Crippen LogP contribution is 2.15. The fraction of sp³-hybridized carbons (Fsp3) is 0.667. The Morgan fingerprint density at radius 2 is 0.520 bits per heavy atom. The Hall–Kier alpha value is -4.19. The molecule has 6 heteroatoms. The average molecular weight is 1040 g/mol. The van der Waals surface area contributed by atoms with E-state index in [4.69, 9.17) is 14.2 Å². The first-order valence-electron chi connectivity index (χ1n) is 31.0. The lowest BCUT2D eigenvalue weighted by molar-refractivity contribution is -0.167. The molecule has 0 aliphatic heterocycles. The second-order valence-electron chi connectivity index (χ2n) is 20.2. The largest absolute Gasteiger partial charge is 0.462 e. The van der Waals surface area contributed by atoms with E-state index in [2.05, 4.69) is 142 Å². The first-order chi connectivity index (χ1) is 37.0. The fourth-order valence-corrected chi connectivity index (χ4v) is 8.34. The van der Waals surface area contributed by atoms with E-state index >= 15 is 0 Å². The van der Waals surface area contributed by atoms with Gasteiger partial charge in [-0.25, -0.2) is 0 Å². The molecule has 0 saturated carbocycles. The van der Waals surface area contributed by atoms with Gasteiger partial charge in [-0.05, 0) is 128 Å². The number of esters is 3. The third-order valence-corrected chi connectivity index (χ3v) is 12.9. The van der Waals surface area contributed by atoms with Crippen LogP contribution >= 0.6 is 0 Å². The second-order valence-corrected chi connectivity index (χ2v) is 20.2. The van der Waals surface area contributed by atoms with E-state index in [1.54, 1.807) is 0 Å². The molecule has 0 spiro atoms. The van der Waals surface area contributed by atoms with Crippen molar-refractivity contribution in [2.24, 2.45) is 0 Å². The van der Waals surface area contributed by atoms with Crippen LogP contribution in [0, 0.1) is 0 Å². The Labute approximate surface area is 462 Å². The normalized spacial score (nSPS) is 12.9. The van der Waals surface area contributed by atoms with Gasteiger partial charge in [-0.15, -0.1) is 0 Å². The molecule has 0 rings (SSSR count). The second kappa shape index (κ2) is 62.4. The molecular weight excluding hydrogens is 925 g/mol. The minimum Gasteiger partial charge on any atom is -0.462 e. The van der Waals surface area contributed by atoms with Crippen molar-refractivity contribution in [1.82, 2.24) is 0 Å². The lowest BCUT2D eigenvalue weighted by atomic mass is 10.1. The summed E-state index contributed by atoms with van der Waals surface area (Å²) in [5.41, 5.74) is 0. The molecular formula is C69H114O6. The minimum atomic E-state index is -0.795. The summed E-state index contributed by atoms with van der Waals surface area (Å²) in [6.45, 7) is 6.38. The van der Waals surface area contributed by atoms with Gasteiger partial charge in [-0.3, -0.25) is 14.4 Å². The fourth-order valence-electron chi connectivity index (χ4n) is 8.34. The van der Waals surface area contributed by atoms with E-state index in [0.717, 1.165) is 135 Å². The molecule has 6 nitrogen and oxygen atoms in total. The molecule has 75 heavy (non-hydrogen) atoms. The highest BCUT2D eigenvalue weighted by atomic mass is 16.6. The van der Waals surface area contributed by atoms with Crippen LogP contribution in [-0.4, -0.2) is 37.2 Å². The van der Waals surface area contributed by atoms with Crippen molar-refractivity contribution in [2.45, 2.75) is 284 Å². The first-order valence-corrected chi connectivity index (χ1v) is 31.0. The smallest absolute Gasteiger partial charge is 0.306 e. The Morgan fingerprint density at radius 3 is 0.827 bits per heavy atom. The number of carbonyl (C=O) groups is 3. The molecule has 0 aliphatic carbocycles. The summed E-state index contributed by atoms with van der Waals surface area (Å²) in [5.74, 6) is -0.916. The summed E-state index contributed by atoms with van der Waals surface area (Å²) in [6.07, 6.45) is 86.2. The van der Waals surface area contributed by atoms with Crippen LogP contribution in [0.15, 0.2) is 122 Å². The molecule has 426 valence electrons. The van der Waals surface area contributed by atoms with E-state index < -0.39 is 6.10 Å². The lowest BCUT2D eigenvalue weighted by Crippen LogP contribution is -2.30. The molecule has 0 aromatic heterocycles. The van der Waals surface area contributed by atoms with Gasteiger partial charge in [0.25, 0.3) is 0 Å². The quantitative estimate of drug-likeness (QED) is 0.0261.